The van der Waals surface area contributed by atoms with Gasteiger partial charge < -0.3 is 24.7 Å². The highest BCUT2D eigenvalue weighted by molar-refractivity contribution is 5.75. The minimum Gasteiger partial charge on any atom is -0.378 e. The fourth-order valence-corrected chi connectivity index (χ4v) is 1.83. The summed E-state index contributed by atoms with van der Waals surface area (Å²) in [5.41, 5.74) is 0.545. The molecule has 0 bridgehead atoms. The normalized spacial score (nSPS) is 16.0. The zero-order chi connectivity index (χ0) is 12.4. The predicted molar refractivity (Wildman–Crippen MR) is 62.6 cm³/mol. The second kappa shape index (κ2) is 4.58. The maximum atomic E-state index is 11.0. The summed E-state index contributed by atoms with van der Waals surface area (Å²) in [4.78, 5) is 14.2. The summed E-state index contributed by atoms with van der Waals surface area (Å²) in [6, 6.07) is 0. The number of hydrogen-bond donors (Lipinski definition) is 1. The van der Waals surface area contributed by atoms with E-state index >= 15 is 0 Å². The molecule has 1 aromatic rings. The van der Waals surface area contributed by atoms with E-state index in [-0.39, 0.29) is 5.82 Å². The summed E-state index contributed by atoms with van der Waals surface area (Å²) in [6.07, 6.45) is 0. The van der Waals surface area contributed by atoms with Crippen LogP contribution in [0.15, 0.2) is 0 Å². The number of aromatic nitrogens is 2. The second-order valence-electron chi connectivity index (χ2n) is 4.00. The van der Waals surface area contributed by atoms with E-state index < -0.39 is 4.92 Å². The van der Waals surface area contributed by atoms with Crippen LogP contribution in [0.2, 0.25) is 0 Å². The van der Waals surface area contributed by atoms with Gasteiger partial charge in [0.05, 0.1) is 13.2 Å². The van der Waals surface area contributed by atoms with Gasteiger partial charge in [0, 0.05) is 27.2 Å². The van der Waals surface area contributed by atoms with Gasteiger partial charge in [-0.3, -0.25) is 0 Å². The van der Waals surface area contributed by atoms with Crippen molar-refractivity contribution in [2.75, 3.05) is 50.2 Å². The van der Waals surface area contributed by atoms with E-state index in [0.717, 1.165) is 0 Å². The molecule has 8 heteroatoms. The van der Waals surface area contributed by atoms with Crippen LogP contribution < -0.4 is 9.80 Å². The SMILES string of the molecule is CN(C)c1n[nH]c([N+](=O)[O-])c1N1CCOCC1. The Labute approximate surface area is 98.3 Å². The van der Waals surface area contributed by atoms with Crippen molar-refractivity contribution < 1.29 is 9.66 Å². The van der Waals surface area contributed by atoms with E-state index in [9.17, 15) is 10.1 Å². The molecule has 0 unspecified atom stereocenters. The Morgan fingerprint density at radius 3 is 2.65 bits per heavy atom. The Bertz CT molecular complexity index is 411. The van der Waals surface area contributed by atoms with Gasteiger partial charge in [-0.25, -0.2) is 0 Å². The maximum Gasteiger partial charge on any atom is 0.368 e. The number of hydrogen-bond acceptors (Lipinski definition) is 6. The molecule has 0 aliphatic carbocycles. The highest BCUT2D eigenvalue weighted by Crippen LogP contribution is 2.35. The number of anilines is 2. The Hall–Kier alpha value is -1.83. The molecule has 0 aromatic carbocycles. The molecule has 0 atom stereocenters. The van der Waals surface area contributed by atoms with Crippen LogP contribution >= 0.6 is 0 Å². The van der Waals surface area contributed by atoms with Crippen molar-refractivity contribution in [2.24, 2.45) is 0 Å². The number of aromatic amines is 1. The van der Waals surface area contributed by atoms with Gasteiger partial charge in [0.1, 0.15) is 0 Å². The minimum atomic E-state index is -0.440. The molecule has 94 valence electrons. The van der Waals surface area contributed by atoms with Gasteiger partial charge >= 0.3 is 5.82 Å². The molecule has 1 saturated heterocycles. The number of rotatable bonds is 3. The molecule has 0 amide bonds. The second-order valence-corrected chi connectivity index (χ2v) is 4.00. The van der Waals surface area contributed by atoms with Gasteiger partial charge in [-0.05, 0) is 4.92 Å². The molecule has 17 heavy (non-hydrogen) atoms. The Morgan fingerprint density at radius 1 is 1.47 bits per heavy atom. The van der Waals surface area contributed by atoms with Gasteiger partial charge in [-0.1, -0.05) is 5.10 Å². The highest BCUT2D eigenvalue weighted by Gasteiger charge is 2.29. The third-order valence-corrected chi connectivity index (χ3v) is 2.64. The molecule has 0 saturated carbocycles. The van der Waals surface area contributed by atoms with Crippen LogP contribution in [0.25, 0.3) is 0 Å². The Morgan fingerprint density at radius 2 is 2.12 bits per heavy atom. The summed E-state index contributed by atoms with van der Waals surface area (Å²) in [5, 5.41) is 17.4. The van der Waals surface area contributed by atoms with Crippen molar-refractivity contribution >= 4 is 17.3 Å². The molecular weight excluding hydrogens is 226 g/mol. The largest absolute Gasteiger partial charge is 0.378 e. The van der Waals surface area contributed by atoms with Crippen LogP contribution in [-0.2, 0) is 4.74 Å². The summed E-state index contributed by atoms with van der Waals surface area (Å²) >= 11 is 0. The molecule has 1 aliphatic heterocycles. The van der Waals surface area contributed by atoms with E-state index in [1.54, 1.807) is 4.90 Å². The monoisotopic (exact) mass is 241 g/mol. The van der Waals surface area contributed by atoms with Crippen molar-refractivity contribution in [1.82, 2.24) is 10.2 Å². The summed E-state index contributed by atoms with van der Waals surface area (Å²) in [6.45, 7) is 2.44. The number of H-pyrrole nitrogens is 1. The lowest BCUT2D eigenvalue weighted by Crippen LogP contribution is -2.37. The number of nitrogens with zero attached hydrogens (tertiary/aromatic N) is 4. The number of ether oxygens (including phenoxy) is 1. The van der Waals surface area contributed by atoms with E-state index in [1.165, 1.54) is 0 Å². The lowest BCUT2D eigenvalue weighted by atomic mass is 10.3. The predicted octanol–water partition coefficient (Wildman–Crippen LogP) is 0.220. The number of morpholine rings is 1. The zero-order valence-corrected chi connectivity index (χ0v) is 9.84. The van der Waals surface area contributed by atoms with Crippen LogP contribution in [0.5, 0.6) is 0 Å². The first-order valence-corrected chi connectivity index (χ1v) is 5.34. The van der Waals surface area contributed by atoms with Crippen LogP contribution in [0.3, 0.4) is 0 Å². The molecule has 0 spiro atoms. The molecule has 0 radical (unpaired) electrons. The van der Waals surface area contributed by atoms with Crippen molar-refractivity contribution in [3.63, 3.8) is 0 Å². The smallest absolute Gasteiger partial charge is 0.368 e. The molecule has 1 aliphatic rings. The highest BCUT2D eigenvalue weighted by atomic mass is 16.6. The topological polar surface area (TPSA) is 87.5 Å². The average molecular weight is 241 g/mol. The first kappa shape index (κ1) is 11.6. The third kappa shape index (κ3) is 2.16. The van der Waals surface area contributed by atoms with Gasteiger partial charge in [0.15, 0.2) is 5.69 Å². The van der Waals surface area contributed by atoms with Crippen LogP contribution in [0.1, 0.15) is 0 Å². The molecule has 1 aromatic heterocycles. The van der Waals surface area contributed by atoms with E-state index in [2.05, 4.69) is 10.2 Å². The Balaban J connectivity index is 2.39. The van der Waals surface area contributed by atoms with Crippen molar-refractivity contribution in [3.05, 3.63) is 10.1 Å². The lowest BCUT2D eigenvalue weighted by molar-refractivity contribution is -0.388. The van der Waals surface area contributed by atoms with E-state index in [0.29, 0.717) is 37.8 Å². The maximum absolute atomic E-state index is 11.0. The third-order valence-electron chi connectivity index (χ3n) is 2.64. The quantitative estimate of drug-likeness (QED) is 0.601. The number of nitrogens with one attached hydrogen (secondary N) is 1. The first-order chi connectivity index (χ1) is 8.11. The molecule has 8 nitrogen and oxygen atoms in total. The molecule has 2 heterocycles. The van der Waals surface area contributed by atoms with Gasteiger partial charge in [-0.15, -0.1) is 5.10 Å². The fourth-order valence-electron chi connectivity index (χ4n) is 1.83. The standard InChI is InChI=1S/C9H15N5O3/c1-12(2)8-7(9(11-10-8)14(15)16)13-3-5-17-6-4-13/h3-6H2,1-2H3,(H,10,11). The van der Waals surface area contributed by atoms with Crippen LogP contribution in [-0.4, -0.2) is 55.5 Å². The summed E-state index contributed by atoms with van der Waals surface area (Å²) < 4.78 is 5.24. The molecule has 1 N–H and O–H groups in total. The first-order valence-electron chi connectivity index (χ1n) is 5.34. The zero-order valence-electron chi connectivity index (χ0n) is 9.84. The molecular formula is C9H15N5O3. The van der Waals surface area contributed by atoms with Gasteiger partial charge in [-0.2, -0.15) is 0 Å². The van der Waals surface area contributed by atoms with Crippen molar-refractivity contribution in [1.29, 1.82) is 0 Å². The molecule has 1 fully saturated rings. The van der Waals surface area contributed by atoms with Crippen LogP contribution in [0, 0.1) is 10.1 Å². The summed E-state index contributed by atoms with van der Waals surface area (Å²) in [5.74, 6) is 0.522. The van der Waals surface area contributed by atoms with Gasteiger partial charge in [0.25, 0.3) is 0 Å². The Kier molecular flexibility index (Phi) is 3.14. The molecule has 2 rings (SSSR count). The van der Waals surface area contributed by atoms with E-state index in [4.69, 9.17) is 4.74 Å². The average Bonchev–Trinajstić information content (AvgIpc) is 2.74. The van der Waals surface area contributed by atoms with Crippen LogP contribution in [0.4, 0.5) is 17.3 Å². The lowest BCUT2D eigenvalue weighted by Gasteiger charge is -2.28. The fraction of sp³-hybridized carbons (Fsp3) is 0.667. The number of nitro groups is 1. The van der Waals surface area contributed by atoms with Crippen molar-refractivity contribution in [2.45, 2.75) is 0 Å². The van der Waals surface area contributed by atoms with Gasteiger partial charge in [0.2, 0.25) is 5.82 Å². The minimum absolute atomic E-state index is 0.0596. The van der Waals surface area contributed by atoms with Crippen molar-refractivity contribution in [3.8, 4) is 0 Å². The summed E-state index contributed by atoms with van der Waals surface area (Å²) in [7, 11) is 3.62. The van der Waals surface area contributed by atoms with E-state index in [1.807, 2.05) is 19.0 Å².